The van der Waals surface area contributed by atoms with Crippen molar-refractivity contribution < 1.29 is 14.3 Å². The fourth-order valence-electron chi connectivity index (χ4n) is 2.61. The Balaban J connectivity index is 0.00000157. The molecule has 0 N–H and O–H groups in total. The first-order valence-electron chi connectivity index (χ1n) is 10.4. The monoisotopic (exact) mass is 342 g/mol. The summed E-state index contributed by atoms with van der Waals surface area (Å²) in [5.74, 6) is -0.0342. The van der Waals surface area contributed by atoms with E-state index in [0.717, 1.165) is 19.6 Å². The minimum absolute atomic E-state index is 0.0273. The number of hydrogen-bond acceptors (Lipinski definition) is 3. The van der Waals surface area contributed by atoms with Crippen molar-refractivity contribution in [3.05, 3.63) is 0 Å². The maximum absolute atomic E-state index is 11.3. The van der Waals surface area contributed by atoms with Crippen molar-refractivity contribution in [3.63, 3.8) is 0 Å². The van der Waals surface area contributed by atoms with Gasteiger partial charge in [0.05, 0.1) is 19.3 Å². The van der Waals surface area contributed by atoms with Crippen molar-refractivity contribution in [3.8, 4) is 0 Å². The van der Waals surface area contributed by atoms with Crippen LogP contribution in [0.25, 0.3) is 0 Å². The molecule has 0 aromatic heterocycles. The number of esters is 1. The number of carbonyl (C=O) groups is 1. The van der Waals surface area contributed by atoms with E-state index in [1.165, 1.54) is 77.0 Å². The van der Waals surface area contributed by atoms with E-state index >= 15 is 0 Å². The zero-order chi connectivity index (χ0) is 17.9. The first kappa shape index (κ1) is 23.4. The van der Waals surface area contributed by atoms with Crippen LogP contribution in [0, 0.1) is 0 Å². The Hall–Kier alpha value is -0.570. The van der Waals surface area contributed by atoms with Gasteiger partial charge in [-0.1, -0.05) is 84.0 Å². The van der Waals surface area contributed by atoms with E-state index in [4.69, 9.17) is 4.74 Å². The lowest BCUT2D eigenvalue weighted by Gasteiger charge is -2.07. The summed E-state index contributed by atoms with van der Waals surface area (Å²) in [4.78, 5) is 11.3. The number of hydrogen-bond donors (Lipinski definition) is 0. The predicted octanol–water partition coefficient (Wildman–Crippen LogP) is 6.44. The molecule has 1 fully saturated rings. The highest BCUT2D eigenvalue weighted by atomic mass is 16.6. The van der Waals surface area contributed by atoms with Gasteiger partial charge in [-0.3, -0.25) is 4.79 Å². The topological polar surface area (TPSA) is 38.8 Å². The summed E-state index contributed by atoms with van der Waals surface area (Å²) in [6, 6.07) is 0. The first-order valence-corrected chi connectivity index (χ1v) is 10.4. The van der Waals surface area contributed by atoms with Crippen LogP contribution in [0.1, 0.15) is 111 Å². The van der Waals surface area contributed by atoms with Gasteiger partial charge < -0.3 is 9.47 Å². The summed E-state index contributed by atoms with van der Waals surface area (Å²) in [5, 5.41) is 0. The van der Waals surface area contributed by atoms with Gasteiger partial charge in [-0.15, -0.1) is 0 Å². The summed E-state index contributed by atoms with van der Waals surface area (Å²) >= 11 is 0. The molecule has 1 aliphatic rings. The molecule has 1 saturated heterocycles. The third-order valence-corrected chi connectivity index (χ3v) is 4.06. The third-order valence-electron chi connectivity index (χ3n) is 4.06. The fraction of sp³-hybridized carbons (Fsp3) is 0.952. The van der Waals surface area contributed by atoms with Crippen LogP contribution >= 0.6 is 0 Å². The van der Waals surface area contributed by atoms with E-state index < -0.39 is 0 Å². The Morgan fingerprint density at radius 3 is 1.50 bits per heavy atom. The molecule has 24 heavy (non-hydrogen) atoms. The SMILES string of the molecule is C1CO1.CCCCCCCCCCCCCCCC(=O)OC(C)C. The normalized spacial score (nSPS) is 12.7. The molecule has 0 spiro atoms. The van der Waals surface area contributed by atoms with Crippen molar-refractivity contribution in [2.75, 3.05) is 13.2 Å². The van der Waals surface area contributed by atoms with Gasteiger partial charge in [-0.05, 0) is 20.3 Å². The molecule has 0 saturated carbocycles. The molecule has 0 atom stereocenters. The second-order valence-corrected chi connectivity index (χ2v) is 7.14. The van der Waals surface area contributed by atoms with Crippen LogP contribution in [0.4, 0.5) is 0 Å². The lowest BCUT2D eigenvalue weighted by molar-refractivity contribution is -0.147. The highest BCUT2D eigenvalue weighted by Crippen LogP contribution is 2.13. The number of ether oxygens (including phenoxy) is 2. The molecule has 1 rings (SSSR count). The lowest BCUT2D eigenvalue weighted by atomic mass is 10.0. The maximum Gasteiger partial charge on any atom is 0.306 e. The summed E-state index contributed by atoms with van der Waals surface area (Å²) in [7, 11) is 0. The van der Waals surface area contributed by atoms with E-state index in [1.807, 2.05) is 13.8 Å². The molecule has 0 aromatic carbocycles. The van der Waals surface area contributed by atoms with Crippen LogP contribution in [0.15, 0.2) is 0 Å². The molecular weight excluding hydrogens is 300 g/mol. The predicted molar refractivity (Wildman–Crippen MR) is 102 cm³/mol. The van der Waals surface area contributed by atoms with Crippen molar-refractivity contribution in [1.82, 2.24) is 0 Å². The summed E-state index contributed by atoms with van der Waals surface area (Å²) in [5.41, 5.74) is 0. The Morgan fingerprint density at radius 1 is 0.792 bits per heavy atom. The second kappa shape index (κ2) is 18.8. The van der Waals surface area contributed by atoms with Crippen LogP contribution in [0.5, 0.6) is 0 Å². The zero-order valence-corrected chi connectivity index (χ0v) is 16.6. The number of rotatable bonds is 15. The fourth-order valence-corrected chi connectivity index (χ4v) is 2.61. The molecule has 0 aliphatic carbocycles. The standard InChI is InChI=1S/C19H38O2.C2H4O/c1-4-5-6-7-8-9-10-11-12-13-14-15-16-17-19(20)21-18(2)3;1-2-3-1/h18H,4-17H2,1-3H3;1-2H2. The van der Waals surface area contributed by atoms with Crippen LogP contribution < -0.4 is 0 Å². The number of unbranched alkanes of at least 4 members (excludes halogenated alkanes) is 12. The smallest absolute Gasteiger partial charge is 0.306 e. The quantitative estimate of drug-likeness (QED) is 0.195. The molecule has 3 heteroatoms. The van der Waals surface area contributed by atoms with Gasteiger partial charge in [0.15, 0.2) is 0 Å². The zero-order valence-electron chi connectivity index (χ0n) is 16.6. The van der Waals surface area contributed by atoms with Gasteiger partial charge in [-0.2, -0.15) is 0 Å². The minimum atomic E-state index is -0.0342. The first-order chi connectivity index (χ1) is 11.7. The summed E-state index contributed by atoms with van der Waals surface area (Å²) in [6.07, 6.45) is 18.0. The number of epoxide rings is 1. The Labute approximate surface area is 150 Å². The Bertz CT molecular complexity index is 259. The molecule has 0 radical (unpaired) electrons. The van der Waals surface area contributed by atoms with Crippen molar-refractivity contribution in [2.45, 2.75) is 117 Å². The van der Waals surface area contributed by atoms with Gasteiger partial charge in [0, 0.05) is 6.42 Å². The molecule has 0 aromatic rings. The van der Waals surface area contributed by atoms with Gasteiger partial charge in [-0.25, -0.2) is 0 Å². The van der Waals surface area contributed by atoms with Crippen LogP contribution in [0.3, 0.4) is 0 Å². The average molecular weight is 343 g/mol. The lowest BCUT2D eigenvalue weighted by Crippen LogP contribution is -2.10. The van der Waals surface area contributed by atoms with Crippen LogP contribution in [-0.4, -0.2) is 25.3 Å². The highest BCUT2D eigenvalue weighted by molar-refractivity contribution is 5.69. The van der Waals surface area contributed by atoms with Crippen molar-refractivity contribution in [2.24, 2.45) is 0 Å². The van der Waals surface area contributed by atoms with E-state index in [2.05, 4.69) is 11.7 Å². The minimum Gasteiger partial charge on any atom is -0.463 e. The largest absolute Gasteiger partial charge is 0.463 e. The molecule has 3 nitrogen and oxygen atoms in total. The molecule has 144 valence electrons. The molecule has 1 aliphatic heterocycles. The molecule has 0 bridgehead atoms. The Kier molecular flexibility index (Phi) is 18.3. The van der Waals surface area contributed by atoms with E-state index in [9.17, 15) is 4.79 Å². The summed E-state index contributed by atoms with van der Waals surface area (Å²) < 4.78 is 9.62. The second-order valence-electron chi connectivity index (χ2n) is 7.14. The van der Waals surface area contributed by atoms with Gasteiger partial charge in [0.25, 0.3) is 0 Å². The molecule has 0 unspecified atom stereocenters. The van der Waals surface area contributed by atoms with E-state index in [1.54, 1.807) is 0 Å². The van der Waals surface area contributed by atoms with Crippen molar-refractivity contribution in [1.29, 1.82) is 0 Å². The average Bonchev–Trinajstić information content (AvgIpc) is 3.40. The van der Waals surface area contributed by atoms with Crippen LogP contribution in [0.2, 0.25) is 0 Å². The third kappa shape index (κ3) is 23.7. The van der Waals surface area contributed by atoms with Gasteiger partial charge in [0.1, 0.15) is 0 Å². The van der Waals surface area contributed by atoms with Crippen molar-refractivity contribution >= 4 is 5.97 Å². The maximum atomic E-state index is 11.3. The van der Waals surface area contributed by atoms with Gasteiger partial charge in [0.2, 0.25) is 0 Å². The molecule has 0 amide bonds. The van der Waals surface area contributed by atoms with E-state index in [0.29, 0.717) is 6.42 Å². The van der Waals surface area contributed by atoms with Crippen LogP contribution in [-0.2, 0) is 14.3 Å². The van der Waals surface area contributed by atoms with Gasteiger partial charge >= 0.3 is 5.97 Å². The molecule has 1 heterocycles. The Morgan fingerprint density at radius 2 is 1.17 bits per heavy atom. The number of carbonyl (C=O) groups excluding carboxylic acids is 1. The van der Waals surface area contributed by atoms with E-state index in [-0.39, 0.29) is 12.1 Å². The highest BCUT2D eigenvalue weighted by Gasteiger charge is 2.04. The molecular formula is C21H42O3. The summed E-state index contributed by atoms with van der Waals surface area (Å²) in [6.45, 7) is 8.08.